The van der Waals surface area contributed by atoms with Crippen molar-refractivity contribution in [3.05, 3.63) is 29.3 Å². The molecule has 6 nitrogen and oxygen atoms in total. The van der Waals surface area contributed by atoms with Crippen molar-refractivity contribution < 1.29 is 31.5 Å². The largest absolute Gasteiger partial charge is 0.417 e. The van der Waals surface area contributed by atoms with Gasteiger partial charge in [0.15, 0.2) is 5.11 Å². The molecule has 38 heavy (non-hydrogen) atoms. The van der Waals surface area contributed by atoms with Gasteiger partial charge in [0.1, 0.15) is 5.54 Å². The highest BCUT2D eigenvalue weighted by Crippen LogP contribution is 2.41. The Bertz CT molecular complexity index is 1110. The zero-order chi connectivity index (χ0) is 27.9. The third-order valence-corrected chi connectivity index (χ3v) is 8.25. The average molecular weight is 559 g/mol. The lowest BCUT2D eigenvalue weighted by Gasteiger charge is -2.41. The molecule has 12 heteroatoms. The van der Waals surface area contributed by atoms with Crippen LogP contribution in [-0.2, 0) is 15.7 Å². The molecule has 0 spiro atoms. The van der Waals surface area contributed by atoms with E-state index in [-0.39, 0.29) is 36.1 Å². The van der Waals surface area contributed by atoms with Gasteiger partial charge in [-0.2, -0.15) is 18.4 Å². The van der Waals surface area contributed by atoms with Gasteiger partial charge in [-0.15, -0.1) is 0 Å². The van der Waals surface area contributed by atoms with Gasteiger partial charge in [0.2, 0.25) is 0 Å². The molecule has 1 N–H and O–H groups in total. The molecule has 1 saturated carbocycles. The van der Waals surface area contributed by atoms with Gasteiger partial charge < -0.3 is 15.0 Å². The molecular weight excluding hydrogens is 527 g/mol. The minimum absolute atomic E-state index is 0.0337. The Labute approximate surface area is 224 Å². The fourth-order valence-corrected chi connectivity index (χ4v) is 6.31. The van der Waals surface area contributed by atoms with Gasteiger partial charge in [0, 0.05) is 18.6 Å². The number of ether oxygens (including phenoxy) is 1. The molecule has 0 aromatic heterocycles. The molecule has 208 valence electrons. The highest BCUT2D eigenvalue weighted by atomic mass is 32.1. The predicted molar refractivity (Wildman–Crippen MR) is 135 cm³/mol. The molecule has 1 aromatic rings. The minimum atomic E-state index is -4.76. The van der Waals surface area contributed by atoms with Gasteiger partial charge in [-0.05, 0) is 89.3 Å². The molecule has 0 radical (unpaired) electrons. The molecule has 3 fully saturated rings. The summed E-state index contributed by atoms with van der Waals surface area (Å²) in [4.78, 5) is 16.3. The SMILES string of the molecule is CC1(C)C(=O)N(c2ccc(C#N)c(C(F)(F)F)c2)C(=S)N1C1CCC(OCC[C@H]2CCNCC2(F)F)CC1. The molecule has 2 heterocycles. The van der Waals surface area contributed by atoms with Crippen molar-refractivity contribution in [2.45, 2.75) is 82.2 Å². The van der Waals surface area contributed by atoms with E-state index in [1.807, 2.05) is 0 Å². The first-order chi connectivity index (χ1) is 17.8. The Hall–Kier alpha value is -2.36. The van der Waals surface area contributed by atoms with E-state index in [0.717, 1.165) is 17.0 Å². The van der Waals surface area contributed by atoms with E-state index in [9.17, 15) is 26.7 Å². The summed E-state index contributed by atoms with van der Waals surface area (Å²) in [5.41, 5.74) is -2.77. The summed E-state index contributed by atoms with van der Waals surface area (Å²) in [6.45, 7) is 3.92. The van der Waals surface area contributed by atoms with Crippen LogP contribution in [0.15, 0.2) is 18.2 Å². The van der Waals surface area contributed by atoms with E-state index in [1.165, 1.54) is 6.07 Å². The predicted octanol–water partition coefficient (Wildman–Crippen LogP) is 5.25. The van der Waals surface area contributed by atoms with Crippen LogP contribution in [0.1, 0.15) is 63.5 Å². The van der Waals surface area contributed by atoms with Crippen molar-refractivity contribution in [2.75, 3.05) is 24.6 Å². The fraction of sp³-hybridized carbons (Fsp3) is 0.654. The molecular formula is C26H31F5N4O2S. The van der Waals surface area contributed by atoms with Crippen LogP contribution in [0.25, 0.3) is 0 Å². The summed E-state index contributed by atoms with van der Waals surface area (Å²) in [5, 5.41) is 11.9. The summed E-state index contributed by atoms with van der Waals surface area (Å²) < 4.78 is 74.6. The molecule has 3 aliphatic rings. The number of rotatable bonds is 6. The molecule has 1 atom stereocenters. The van der Waals surface area contributed by atoms with Crippen molar-refractivity contribution in [1.29, 1.82) is 5.26 Å². The number of nitrogens with zero attached hydrogens (tertiary/aromatic N) is 3. The lowest BCUT2D eigenvalue weighted by Crippen LogP contribution is -2.51. The van der Waals surface area contributed by atoms with E-state index in [1.54, 1.807) is 24.8 Å². The average Bonchev–Trinajstić information content (AvgIpc) is 3.03. The number of piperidine rings is 1. The van der Waals surface area contributed by atoms with Gasteiger partial charge in [0.05, 0.1) is 35.5 Å². The maximum atomic E-state index is 14.0. The van der Waals surface area contributed by atoms with Crippen LogP contribution in [0.3, 0.4) is 0 Å². The number of alkyl halides is 5. The van der Waals surface area contributed by atoms with Crippen molar-refractivity contribution >= 4 is 28.9 Å². The number of thiocarbonyl (C=S) groups is 1. The number of benzene rings is 1. The van der Waals surface area contributed by atoms with Crippen LogP contribution in [-0.4, -0.2) is 59.2 Å². The second kappa shape index (κ2) is 10.7. The third-order valence-electron chi connectivity index (χ3n) is 7.87. The van der Waals surface area contributed by atoms with Crippen LogP contribution in [0.4, 0.5) is 27.6 Å². The zero-order valence-electron chi connectivity index (χ0n) is 21.3. The zero-order valence-corrected chi connectivity index (χ0v) is 22.1. The normalized spacial score (nSPS) is 27.5. The maximum absolute atomic E-state index is 14.0. The molecule has 2 aliphatic heterocycles. The topological polar surface area (TPSA) is 68.6 Å². The molecule has 1 amide bonds. The smallest absolute Gasteiger partial charge is 0.378 e. The molecule has 1 aromatic carbocycles. The van der Waals surface area contributed by atoms with Crippen LogP contribution in [0.2, 0.25) is 0 Å². The Morgan fingerprint density at radius 1 is 1.18 bits per heavy atom. The van der Waals surface area contributed by atoms with Crippen LogP contribution in [0.5, 0.6) is 0 Å². The van der Waals surface area contributed by atoms with Crippen molar-refractivity contribution in [3.63, 3.8) is 0 Å². The van der Waals surface area contributed by atoms with Gasteiger partial charge in [-0.3, -0.25) is 9.69 Å². The van der Waals surface area contributed by atoms with Gasteiger partial charge in [0.25, 0.3) is 11.8 Å². The molecule has 2 saturated heterocycles. The standard InChI is InChI=1S/C26H31F5N4O2S/c1-24(2)22(36)34(19-4-3-16(14-32)21(13-19)26(29,30)31)23(38)35(24)18-5-7-20(8-6-18)37-12-10-17-9-11-33-15-25(17,27)28/h3-4,13,17-18,20,33H,5-12,15H2,1-2H3/t17-,18?,20?/m1/s1. The number of hydrogen-bond donors (Lipinski definition) is 1. The Balaban J connectivity index is 1.41. The highest BCUT2D eigenvalue weighted by molar-refractivity contribution is 7.80. The summed E-state index contributed by atoms with van der Waals surface area (Å²) in [6.07, 6.45) is -1.54. The van der Waals surface area contributed by atoms with E-state index >= 15 is 0 Å². The lowest BCUT2D eigenvalue weighted by atomic mass is 9.89. The lowest BCUT2D eigenvalue weighted by molar-refractivity contribution is -0.137. The second-order valence-electron chi connectivity index (χ2n) is 10.7. The van der Waals surface area contributed by atoms with Gasteiger partial charge >= 0.3 is 6.18 Å². The summed E-state index contributed by atoms with van der Waals surface area (Å²) in [6, 6.07) is 4.56. The van der Waals surface area contributed by atoms with E-state index in [2.05, 4.69) is 5.32 Å². The summed E-state index contributed by atoms with van der Waals surface area (Å²) in [7, 11) is 0. The molecule has 0 unspecified atom stereocenters. The van der Waals surface area contributed by atoms with Crippen LogP contribution >= 0.6 is 12.2 Å². The second-order valence-corrected chi connectivity index (χ2v) is 11.1. The number of nitrogens with one attached hydrogen (secondary N) is 1. The van der Waals surface area contributed by atoms with Crippen molar-refractivity contribution in [3.8, 4) is 6.07 Å². The minimum Gasteiger partial charge on any atom is -0.378 e. The Morgan fingerprint density at radius 3 is 2.47 bits per heavy atom. The number of anilines is 1. The first kappa shape index (κ1) is 28.6. The van der Waals surface area contributed by atoms with Crippen LogP contribution in [0, 0.1) is 17.2 Å². The Morgan fingerprint density at radius 2 is 1.87 bits per heavy atom. The van der Waals surface area contributed by atoms with E-state index in [0.29, 0.717) is 45.1 Å². The van der Waals surface area contributed by atoms with Gasteiger partial charge in [-0.1, -0.05) is 0 Å². The maximum Gasteiger partial charge on any atom is 0.417 e. The van der Waals surface area contributed by atoms with Crippen molar-refractivity contribution in [2.24, 2.45) is 5.92 Å². The first-order valence-corrected chi connectivity index (χ1v) is 13.2. The number of hydrogen-bond acceptors (Lipinski definition) is 5. The number of amides is 1. The summed E-state index contributed by atoms with van der Waals surface area (Å²) >= 11 is 5.62. The van der Waals surface area contributed by atoms with E-state index < -0.39 is 40.6 Å². The first-order valence-electron chi connectivity index (χ1n) is 12.8. The number of nitriles is 1. The number of carbonyl (C=O) groups excluding carboxylic acids is 1. The molecule has 0 bridgehead atoms. The monoisotopic (exact) mass is 558 g/mol. The van der Waals surface area contributed by atoms with Gasteiger partial charge in [-0.25, -0.2) is 8.78 Å². The quantitative estimate of drug-likeness (QED) is 0.380. The fourth-order valence-electron chi connectivity index (χ4n) is 5.74. The summed E-state index contributed by atoms with van der Waals surface area (Å²) in [5.74, 6) is -3.87. The molecule has 1 aliphatic carbocycles. The highest BCUT2D eigenvalue weighted by Gasteiger charge is 2.52. The van der Waals surface area contributed by atoms with Crippen molar-refractivity contribution in [1.82, 2.24) is 10.2 Å². The Kier molecular flexibility index (Phi) is 8.04. The molecule has 4 rings (SSSR count). The number of halogens is 5. The third kappa shape index (κ3) is 5.51. The van der Waals surface area contributed by atoms with Crippen LogP contribution < -0.4 is 10.2 Å². The number of carbonyl (C=O) groups is 1. The van der Waals surface area contributed by atoms with E-state index in [4.69, 9.17) is 22.2 Å².